The van der Waals surface area contributed by atoms with Crippen molar-refractivity contribution in [3.63, 3.8) is 0 Å². The quantitative estimate of drug-likeness (QED) is 0.840. The van der Waals surface area contributed by atoms with E-state index in [0.29, 0.717) is 6.10 Å². The molecule has 0 amide bonds. The first-order valence-corrected chi connectivity index (χ1v) is 7.57. The van der Waals surface area contributed by atoms with Gasteiger partial charge in [-0.1, -0.05) is 0 Å². The zero-order chi connectivity index (χ0) is 11.2. The highest BCUT2D eigenvalue weighted by Gasteiger charge is 2.12. The van der Waals surface area contributed by atoms with Gasteiger partial charge in [-0.25, -0.2) is 0 Å². The Kier molecular flexibility index (Phi) is 5.29. The van der Waals surface area contributed by atoms with Crippen molar-refractivity contribution in [2.75, 3.05) is 13.2 Å². The van der Waals surface area contributed by atoms with Gasteiger partial charge in [0.1, 0.15) is 0 Å². The number of rotatable bonds is 5. The molecular formula is C12H18BrNOS. The van der Waals surface area contributed by atoms with Crippen molar-refractivity contribution in [1.29, 1.82) is 0 Å². The molecule has 1 aromatic heterocycles. The normalized spacial score (nSPS) is 21.2. The van der Waals surface area contributed by atoms with Crippen LogP contribution in [0.25, 0.3) is 0 Å². The van der Waals surface area contributed by atoms with E-state index in [1.807, 2.05) is 0 Å². The lowest BCUT2D eigenvalue weighted by atomic mass is 10.1. The van der Waals surface area contributed by atoms with Gasteiger partial charge >= 0.3 is 0 Å². The van der Waals surface area contributed by atoms with Gasteiger partial charge in [0.25, 0.3) is 0 Å². The van der Waals surface area contributed by atoms with Gasteiger partial charge in [0.05, 0.1) is 9.89 Å². The number of halogens is 1. The van der Waals surface area contributed by atoms with Crippen LogP contribution in [0, 0.1) is 0 Å². The maximum Gasteiger partial charge on any atom is 0.0701 e. The Balaban J connectivity index is 1.57. The Morgan fingerprint density at radius 2 is 2.44 bits per heavy atom. The summed E-state index contributed by atoms with van der Waals surface area (Å²) in [5.41, 5.74) is 1.36. The summed E-state index contributed by atoms with van der Waals surface area (Å²) in [5.74, 6) is 0. The van der Waals surface area contributed by atoms with Gasteiger partial charge in [-0.3, -0.25) is 0 Å². The molecule has 90 valence electrons. The summed E-state index contributed by atoms with van der Waals surface area (Å²) in [5, 5.41) is 5.66. The lowest BCUT2D eigenvalue weighted by Gasteiger charge is -2.22. The second-order valence-corrected chi connectivity index (χ2v) is 6.50. The molecule has 1 aliphatic heterocycles. The summed E-state index contributed by atoms with van der Waals surface area (Å²) in [7, 11) is 0. The van der Waals surface area contributed by atoms with Crippen molar-refractivity contribution >= 4 is 27.3 Å². The van der Waals surface area contributed by atoms with E-state index in [1.54, 1.807) is 11.3 Å². The lowest BCUT2D eigenvalue weighted by molar-refractivity contribution is 0.0115. The van der Waals surface area contributed by atoms with Crippen LogP contribution in [0.2, 0.25) is 0 Å². The maximum atomic E-state index is 5.69. The first-order valence-electron chi connectivity index (χ1n) is 5.90. The Morgan fingerprint density at radius 1 is 1.50 bits per heavy atom. The minimum absolute atomic E-state index is 0.496. The van der Waals surface area contributed by atoms with Crippen LogP contribution in [0.1, 0.15) is 31.2 Å². The summed E-state index contributed by atoms with van der Waals surface area (Å²) in [6, 6.07) is 2.18. The number of hydrogen-bond acceptors (Lipinski definition) is 3. The van der Waals surface area contributed by atoms with Crippen molar-refractivity contribution in [3.8, 4) is 0 Å². The van der Waals surface area contributed by atoms with Gasteiger partial charge in [-0.2, -0.15) is 0 Å². The van der Waals surface area contributed by atoms with Crippen molar-refractivity contribution in [2.24, 2.45) is 0 Å². The van der Waals surface area contributed by atoms with Gasteiger partial charge in [0.2, 0.25) is 0 Å². The molecule has 2 rings (SSSR count). The summed E-state index contributed by atoms with van der Waals surface area (Å²) in [6.45, 7) is 2.98. The van der Waals surface area contributed by atoms with Crippen molar-refractivity contribution < 1.29 is 4.74 Å². The summed E-state index contributed by atoms with van der Waals surface area (Å²) >= 11 is 5.22. The van der Waals surface area contributed by atoms with Crippen molar-refractivity contribution in [2.45, 2.75) is 38.3 Å². The summed E-state index contributed by atoms with van der Waals surface area (Å²) < 4.78 is 6.90. The molecule has 0 bridgehead atoms. The van der Waals surface area contributed by atoms with E-state index in [4.69, 9.17) is 4.74 Å². The first-order chi connectivity index (χ1) is 7.84. The third-order valence-corrected chi connectivity index (χ3v) is 4.42. The van der Waals surface area contributed by atoms with Gasteiger partial charge in [-0.15, -0.1) is 11.3 Å². The van der Waals surface area contributed by atoms with Gasteiger partial charge in [0.15, 0.2) is 0 Å². The van der Waals surface area contributed by atoms with E-state index in [-0.39, 0.29) is 0 Å². The molecule has 0 radical (unpaired) electrons. The Morgan fingerprint density at radius 3 is 3.12 bits per heavy atom. The van der Waals surface area contributed by atoms with E-state index < -0.39 is 0 Å². The van der Waals surface area contributed by atoms with Crippen LogP contribution in [-0.4, -0.2) is 19.3 Å². The molecule has 16 heavy (non-hydrogen) atoms. The van der Waals surface area contributed by atoms with E-state index >= 15 is 0 Å². The molecule has 1 N–H and O–H groups in total. The number of hydrogen-bond donors (Lipinski definition) is 1. The molecule has 0 aliphatic carbocycles. The first kappa shape index (κ1) is 12.6. The Hall–Kier alpha value is 0.1000. The van der Waals surface area contributed by atoms with Crippen molar-refractivity contribution in [3.05, 3.63) is 20.8 Å². The third-order valence-electron chi connectivity index (χ3n) is 2.87. The average molecular weight is 304 g/mol. The SMILES string of the molecule is Brc1cc(CNCCC2CCCCO2)cs1. The molecule has 1 aromatic rings. The molecule has 0 aromatic carbocycles. The highest BCUT2D eigenvalue weighted by atomic mass is 79.9. The average Bonchev–Trinajstić information content (AvgIpc) is 2.72. The molecule has 1 saturated heterocycles. The predicted molar refractivity (Wildman–Crippen MR) is 71.9 cm³/mol. The largest absolute Gasteiger partial charge is 0.378 e. The molecule has 1 aliphatic rings. The van der Waals surface area contributed by atoms with Gasteiger partial charge < -0.3 is 10.1 Å². The van der Waals surface area contributed by atoms with Crippen LogP contribution in [-0.2, 0) is 11.3 Å². The smallest absolute Gasteiger partial charge is 0.0701 e. The minimum Gasteiger partial charge on any atom is -0.378 e. The third kappa shape index (κ3) is 4.17. The molecule has 0 saturated carbocycles. The van der Waals surface area contributed by atoms with Gasteiger partial charge in [0, 0.05) is 13.2 Å². The molecule has 1 fully saturated rings. The zero-order valence-corrected chi connectivity index (χ0v) is 11.8. The second-order valence-electron chi connectivity index (χ2n) is 4.21. The van der Waals surface area contributed by atoms with E-state index in [1.165, 1.54) is 28.6 Å². The van der Waals surface area contributed by atoms with Crippen LogP contribution < -0.4 is 5.32 Å². The zero-order valence-electron chi connectivity index (χ0n) is 9.38. The van der Waals surface area contributed by atoms with Crippen LogP contribution in [0.3, 0.4) is 0 Å². The fourth-order valence-corrected chi connectivity index (χ4v) is 3.18. The number of ether oxygens (including phenoxy) is 1. The number of thiophene rings is 1. The van der Waals surface area contributed by atoms with E-state index in [9.17, 15) is 0 Å². The monoisotopic (exact) mass is 303 g/mol. The van der Waals surface area contributed by atoms with Crippen LogP contribution in [0.15, 0.2) is 15.2 Å². The fourth-order valence-electron chi connectivity index (χ4n) is 1.97. The van der Waals surface area contributed by atoms with Crippen LogP contribution in [0.5, 0.6) is 0 Å². The van der Waals surface area contributed by atoms with Crippen LogP contribution >= 0.6 is 27.3 Å². The summed E-state index contributed by atoms with van der Waals surface area (Å²) in [4.78, 5) is 0. The Labute approximate surface area is 110 Å². The topological polar surface area (TPSA) is 21.3 Å². The molecule has 0 spiro atoms. The predicted octanol–water partition coefficient (Wildman–Crippen LogP) is 3.56. The van der Waals surface area contributed by atoms with E-state index in [0.717, 1.165) is 26.1 Å². The van der Waals surface area contributed by atoms with Crippen molar-refractivity contribution in [1.82, 2.24) is 5.32 Å². The number of nitrogens with one attached hydrogen (secondary N) is 1. The van der Waals surface area contributed by atoms with Gasteiger partial charge in [-0.05, 0) is 65.2 Å². The fraction of sp³-hybridized carbons (Fsp3) is 0.667. The molecule has 1 atom stereocenters. The lowest BCUT2D eigenvalue weighted by Crippen LogP contribution is -2.25. The standard InChI is InChI=1S/C12H18BrNOS/c13-12-7-10(9-16-12)8-14-5-4-11-3-1-2-6-15-11/h7,9,11,14H,1-6,8H2. The van der Waals surface area contributed by atoms with Crippen LogP contribution in [0.4, 0.5) is 0 Å². The highest BCUT2D eigenvalue weighted by Crippen LogP contribution is 2.20. The van der Waals surface area contributed by atoms with E-state index in [2.05, 4.69) is 32.7 Å². The molecule has 4 heteroatoms. The second kappa shape index (κ2) is 6.74. The maximum absolute atomic E-state index is 5.69. The Bertz CT molecular complexity index is 310. The molecule has 1 unspecified atom stereocenters. The summed E-state index contributed by atoms with van der Waals surface area (Å²) in [6.07, 6.45) is 5.46. The molecular weight excluding hydrogens is 286 g/mol. The minimum atomic E-state index is 0.496. The molecule has 2 nitrogen and oxygen atoms in total. The molecule has 2 heterocycles. The highest BCUT2D eigenvalue weighted by molar-refractivity contribution is 9.11.